The Morgan fingerprint density at radius 3 is 2.82 bits per heavy atom. The maximum atomic E-state index is 10.6. The molecule has 0 aliphatic carbocycles. The van der Waals surface area contributed by atoms with E-state index in [4.69, 9.17) is 12.2 Å². The molecule has 0 saturated heterocycles. The summed E-state index contributed by atoms with van der Waals surface area (Å²) in [7, 11) is 0. The Hall–Kier alpha value is -1.54. The third-order valence-corrected chi connectivity index (χ3v) is 3.53. The summed E-state index contributed by atoms with van der Waals surface area (Å²) in [6, 6.07) is 3.31. The van der Waals surface area contributed by atoms with Gasteiger partial charge in [-0.3, -0.25) is 19.8 Å². The molecule has 2 aromatic rings. The van der Waals surface area contributed by atoms with Crippen LogP contribution in [-0.2, 0) is 0 Å². The monoisotopic (exact) mass is 270 g/mol. The van der Waals surface area contributed by atoms with Gasteiger partial charge in [0.2, 0.25) is 0 Å². The molecule has 0 bridgehead atoms. The molecule has 0 spiro atoms. The van der Waals surface area contributed by atoms with Gasteiger partial charge in [-0.25, -0.2) is 0 Å². The van der Waals surface area contributed by atoms with Crippen LogP contribution in [-0.4, -0.2) is 19.7 Å². The average Bonchev–Trinajstić information content (AvgIpc) is 2.82. The number of hydrogen-bond acceptors (Lipinski definition) is 5. The maximum absolute atomic E-state index is 10.6. The van der Waals surface area contributed by atoms with Crippen LogP contribution in [0.4, 0.5) is 5.00 Å². The van der Waals surface area contributed by atoms with E-state index in [1.165, 1.54) is 6.07 Å². The van der Waals surface area contributed by atoms with E-state index in [1.807, 2.05) is 18.4 Å². The predicted molar refractivity (Wildman–Crippen MR) is 67.8 cm³/mol. The molecular weight excluding hydrogens is 260 g/mol. The number of nitro groups is 1. The number of aromatic nitrogens is 3. The Bertz CT molecular complexity index is 611. The molecule has 17 heavy (non-hydrogen) atoms. The van der Waals surface area contributed by atoms with Crippen molar-refractivity contribution in [3.8, 4) is 10.7 Å². The van der Waals surface area contributed by atoms with Gasteiger partial charge in [0, 0.05) is 12.1 Å². The fourth-order valence-corrected chi connectivity index (χ4v) is 2.65. The van der Waals surface area contributed by atoms with Gasteiger partial charge in [0.25, 0.3) is 0 Å². The van der Waals surface area contributed by atoms with E-state index in [2.05, 4.69) is 10.2 Å². The van der Waals surface area contributed by atoms with Crippen LogP contribution in [0.1, 0.15) is 19.9 Å². The highest BCUT2D eigenvalue weighted by Gasteiger charge is 2.17. The molecule has 0 radical (unpaired) electrons. The number of aromatic amines is 1. The molecule has 0 atom stereocenters. The number of rotatable bonds is 3. The third-order valence-electron chi connectivity index (χ3n) is 2.21. The van der Waals surface area contributed by atoms with E-state index in [9.17, 15) is 10.1 Å². The summed E-state index contributed by atoms with van der Waals surface area (Å²) in [5.41, 5.74) is 0. The Balaban J connectivity index is 2.53. The Morgan fingerprint density at radius 2 is 2.29 bits per heavy atom. The van der Waals surface area contributed by atoms with E-state index in [1.54, 1.807) is 6.07 Å². The Labute approximate surface area is 106 Å². The first-order valence-corrected chi connectivity index (χ1v) is 6.14. The first-order chi connectivity index (χ1) is 8.00. The number of nitrogens with one attached hydrogen (secondary N) is 1. The molecule has 0 fully saturated rings. The van der Waals surface area contributed by atoms with Gasteiger partial charge < -0.3 is 0 Å². The molecule has 0 aromatic carbocycles. The van der Waals surface area contributed by atoms with Crippen molar-refractivity contribution in [1.29, 1.82) is 0 Å². The van der Waals surface area contributed by atoms with Crippen molar-refractivity contribution in [2.75, 3.05) is 0 Å². The molecule has 0 aliphatic heterocycles. The van der Waals surface area contributed by atoms with Gasteiger partial charge in [0.1, 0.15) is 0 Å². The largest absolute Gasteiger partial charge is 0.324 e. The Kier molecular flexibility index (Phi) is 3.07. The second-order valence-corrected chi connectivity index (χ2v) is 5.16. The molecule has 0 aliphatic rings. The van der Waals surface area contributed by atoms with Crippen LogP contribution in [0.5, 0.6) is 0 Å². The lowest BCUT2D eigenvalue weighted by Crippen LogP contribution is -2.02. The highest BCUT2D eigenvalue weighted by molar-refractivity contribution is 7.71. The van der Waals surface area contributed by atoms with Crippen LogP contribution < -0.4 is 0 Å². The molecule has 0 amide bonds. The molecule has 2 rings (SSSR count). The fraction of sp³-hybridized carbons (Fsp3) is 0.333. The molecule has 8 heteroatoms. The van der Waals surface area contributed by atoms with E-state index >= 15 is 0 Å². The molecule has 2 heterocycles. The molecular formula is C9H10N4O2S2. The summed E-state index contributed by atoms with van der Waals surface area (Å²) in [4.78, 5) is 11.0. The van der Waals surface area contributed by atoms with Crippen molar-refractivity contribution in [1.82, 2.24) is 14.8 Å². The summed E-state index contributed by atoms with van der Waals surface area (Å²) < 4.78 is 2.36. The van der Waals surface area contributed by atoms with Crippen LogP contribution in [0.2, 0.25) is 0 Å². The van der Waals surface area contributed by atoms with Crippen LogP contribution in [0.15, 0.2) is 12.1 Å². The highest BCUT2D eigenvalue weighted by Crippen LogP contribution is 2.32. The predicted octanol–water partition coefficient (Wildman–Crippen LogP) is 3.16. The summed E-state index contributed by atoms with van der Waals surface area (Å²) in [6.45, 7) is 3.97. The zero-order valence-corrected chi connectivity index (χ0v) is 10.8. The zero-order chi connectivity index (χ0) is 12.6. The van der Waals surface area contributed by atoms with Crippen molar-refractivity contribution in [3.63, 3.8) is 0 Å². The quantitative estimate of drug-likeness (QED) is 0.528. The summed E-state index contributed by atoms with van der Waals surface area (Å²) >= 11 is 6.21. The van der Waals surface area contributed by atoms with E-state index < -0.39 is 4.92 Å². The lowest BCUT2D eigenvalue weighted by Gasteiger charge is -2.08. The van der Waals surface area contributed by atoms with E-state index in [-0.39, 0.29) is 11.0 Å². The summed E-state index contributed by atoms with van der Waals surface area (Å²) in [6.07, 6.45) is 0. The molecule has 0 unspecified atom stereocenters. The lowest BCUT2D eigenvalue weighted by molar-refractivity contribution is -0.380. The Morgan fingerprint density at radius 1 is 1.59 bits per heavy atom. The first kappa shape index (κ1) is 11.9. The zero-order valence-electron chi connectivity index (χ0n) is 9.21. The number of H-pyrrole nitrogens is 1. The van der Waals surface area contributed by atoms with Crippen LogP contribution >= 0.6 is 23.6 Å². The van der Waals surface area contributed by atoms with Gasteiger partial charge in [-0.05, 0) is 32.1 Å². The molecule has 6 nitrogen and oxygen atoms in total. The van der Waals surface area contributed by atoms with Crippen molar-refractivity contribution in [2.24, 2.45) is 0 Å². The molecule has 0 saturated carbocycles. The smallest absolute Gasteiger partial charge is 0.297 e. The minimum Gasteiger partial charge on any atom is -0.297 e. The van der Waals surface area contributed by atoms with E-state index in [0.29, 0.717) is 10.6 Å². The third kappa shape index (κ3) is 2.13. The van der Waals surface area contributed by atoms with Crippen LogP contribution in [0, 0.1) is 14.9 Å². The minimum atomic E-state index is -0.408. The van der Waals surface area contributed by atoms with Gasteiger partial charge >= 0.3 is 5.00 Å². The molecule has 90 valence electrons. The standard InChI is InChI=1S/C9H10N4O2S2/c1-5(2)12-8(10-11-9(12)16)6-3-4-7(17-6)13(14)15/h3-5H,1-2H3,(H,11,16). The lowest BCUT2D eigenvalue weighted by atomic mass is 10.3. The van der Waals surface area contributed by atoms with Crippen LogP contribution in [0.25, 0.3) is 10.7 Å². The maximum Gasteiger partial charge on any atom is 0.324 e. The van der Waals surface area contributed by atoms with E-state index in [0.717, 1.165) is 16.2 Å². The van der Waals surface area contributed by atoms with Crippen LogP contribution in [0.3, 0.4) is 0 Å². The minimum absolute atomic E-state index is 0.101. The SMILES string of the molecule is CC(C)n1c(-c2ccc([N+](=O)[O-])s2)n[nH]c1=S. The normalized spacial score (nSPS) is 11.0. The molecule has 2 aromatic heterocycles. The fourth-order valence-electron chi connectivity index (χ4n) is 1.50. The van der Waals surface area contributed by atoms with Crippen molar-refractivity contribution >= 4 is 28.6 Å². The van der Waals surface area contributed by atoms with Gasteiger partial charge in [-0.1, -0.05) is 11.3 Å². The van der Waals surface area contributed by atoms with Gasteiger partial charge in [-0.15, -0.1) is 0 Å². The number of hydrogen-bond donors (Lipinski definition) is 1. The van der Waals surface area contributed by atoms with Crippen molar-refractivity contribution in [2.45, 2.75) is 19.9 Å². The number of nitrogens with zero attached hydrogens (tertiary/aromatic N) is 3. The summed E-state index contributed by atoms with van der Waals surface area (Å²) in [5, 5.41) is 17.6. The topological polar surface area (TPSA) is 76.8 Å². The van der Waals surface area contributed by atoms with Gasteiger partial charge in [-0.2, -0.15) is 5.10 Å². The second kappa shape index (κ2) is 4.38. The average molecular weight is 270 g/mol. The van der Waals surface area contributed by atoms with Crippen molar-refractivity contribution in [3.05, 3.63) is 27.0 Å². The van der Waals surface area contributed by atoms with Crippen molar-refractivity contribution < 1.29 is 4.92 Å². The summed E-state index contributed by atoms with van der Waals surface area (Å²) in [5.74, 6) is 0.642. The van der Waals surface area contributed by atoms with Gasteiger partial charge in [0.05, 0.1) is 9.80 Å². The van der Waals surface area contributed by atoms with Gasteiger partial charge in [0.15, 0.2) is 10.6 Å². The molecule has 1 N–H and O–H groups in total. The second-order valence-electron chi connectivity index (χ2n) is 3.71. The number of thiophene rings is 1. The first-order valence-electron chi connectivity index (χ1n) is 4.92. The highest BCUT2D eigenvalue weighted by atomic mass is 32.1.